The Morgan fingerprint density at radius 1 is 0.571 bits per heavy atom. The van der Waals surface area contributed by atoms with Gasteiger partial charge in [-0.25, -0.2) is 0 Å². The molecule has 0 aliphatic carbocycles. The Kier molecular flexibility index (Phi) is 4.61. The maximum absolute atomic E-state index is 2.22. The molecule has 0 atom stereocenters. The van der Waals surface area contributed by atoms with E-state index in [1.165, 1.54) is 7.74 Å². The van der Waals surface area contributed by atoms with Crippen molar-refractivity contribution < 1.29 is 24.6 Å². The minimum absolute atomic E-state index is 0. The van der Waals surface area contributed by atoms with Gasteiger partial charge in [-0.2, -0.15) is 0 Å². The summed E-state index contributed by atoms with van der Waals surface area (Å²) in [4.78, 5) is 0. The summed E-state index contributed by atoms with van der Waals surface area (Å²) in [5.41, 5.74) is 0. The second kappa shape index (κ2) is 5.76. The van der Waals surface area contributed by atoms with E-state index in [2.05, 4.69) is 60.7 Å². The summed E-state index contributed by atoms with van der Waals surface area (Å²) in [6.45, 7) is 0. The van der Waals surface area contributed by atoms with Crippen molar-refractivity contribution in [1.29, 1.82) is 0 Å². The molecule has 0 aliphatic rings. The number of hydrogen-bond donors (Lipinski definition) is 0. The summed E-state index contributed by atoms with van der Waals surface area (Å²) >= 11 is -0.108. The molecule has 0 amide bonds. The van der Waals surface area contributed by atoms with Crippen molar-refractivity contribution in [2.24, 2.45) is 0 Å². The third-order valence-corrected chi connectivity index (χ3v) is 3.78. The quantitative estimate of drug-likeness (QED) is 0.685. The zero-order valence-corrected chi connectivity index (χ0v) is 9.24. The van der Waals surface area contributed by atoms with Crippen LogP contribution in [-0.2, 0) is 24.6 Å². The molecule has 0 fully saturated rings. The van der Waals surface area contributed by atoms with Crippen LogP contribution in [0.1, 0.15) is 0 Å². The van der Waals surface area contributed by atoms with E-state index < -0.39 is 0 Å². The van der Waals surface area contributed by atoms with Crippen molar-refractivity contribution in [2.45, 2.75) is 0 Å². The molecule has 0 spiro atoms. The van der Waals surface area contributed by atoms with Crippen molar-refractivity contribution in [1.82, 2.24) is 0 Å². The SMILES string of the molecule is [O-2].c1cc[c]([Ti+2][c]2ccccc2)cc1. The van der Waals surface area contributed by atoms with Crippen molar-refractivity contribution in [2.75, 3.05) is 0 Å². The van der Waals surface area contributed by atoms with Gasteiger partial charge in [-0.15, -0.1) is 0 Å². The Bertz CT molecular complexity index is 321. The first-order chi connectivity index (χ1) is 6.45. The van der Waals surface area contributed by atoms with Crippen LogP contribution in [0.4, 0.5) is 0 Å². The van der Waals surface area contributed by atoms with Crippen LogP contribution in [0.15, 0.2) is 60.7 Å². The van der Waals surface area contributed by atoms with E-state index in [1.807, 2.05) is 0 Å². The summed E-state index contributed by atoms with van der Waals surface area (Å²) < 4.78 is 2.99. The average Bonchev–Trinajstić information content (AvgIpc) is 2.21. The van der Waals surface area contributed by atoms with Crippen LogP contribution < -0.4 is 7.74 Å². The molecule has 2 rings (SSSR count). The van der Waals surface area contributed by atoms with Crippen LogP contribution in [-0.4, -0.2) is 0 Å². The van der Waals surface area contributed by atoms with Crippen LogP contribution in [0.3, 0.4) is 0 Å². The number of rotatable bonds is 2. The summed E-state index contributed by atoms with van der Waals surface area (Å²) in [7, 11) is 0. The summed E-state index contributed by atoms with van der Waals surface area (Å²) in [6.07, 6.45) is 0. The van der Waals surface area contributed by atoms with Gasteiger partial charge in [-0.3, -0.25) is 0 Å². The fourth-order valence-electron chi connectivity index (χ4n) is 1.21. The third kappa shape index (κ3) is 3.11. The molecule has 0 aliphatic heterocycles. The second-order valence-electron chi connectivity index (χ2n) is 2.86. The van der Waals surface area contributed by atoms with Gasteiger partial charge >= 0.3 is 87.6 Å². The molecule has 0 saturated carbocycles. The van der Waals surface area contributed by atoms with Gasteiger partial charge in [-0.05, 0) is 0 Å². The third-order valence-electron chi connectivity index (χ3n) is 1.84. The Morgan fingerprint density at radius 2 is 0.929 bits per heavy atom. The molecule has 0 aromatic heterocycles. The molecule has 0 unspecified atom stereocenters. The van der Waals surface area contributed by atoms with Crippen LogP contribution in [0.25, 0.3) is 0 Å². The molecular formula is C12H10OTi. The van der Waals surface area contributed by atoms with Gasteiger partial charge in [0, 0.05) is 0 Å². The summed E-state index contributed by atoms with van der Waals surface area (Å²) in [5, 5.41) is 0. The average molecular weight is 218 g/mol. The summed E-state index contributed by atoms with van der Waals surface area (Å²) in [6, 6.07) is 21.5. The van der Waals surface area contributed by atoms with E-state index in [0.717, 1.165) is 0 Å². The standard InChI is InChI=1S/2C6H5.O.Ti/c2*1-2-4-6-5-3-1;;/h2*1-5H;;/q;;-2;+2. The Hall–Kier alpha value is -0.886. The van der Waals surface area contributed by atoms with Crippen molar-refractivity contribution >= 4 is 7.74 Å². The van der Waals surface area contributed by atoms with Crippen molar-refractivity contribution in [3.05, 3.63) is 60.7 Å². The van der Waals surface area contributed by atoms with E-state index in [0.29, 0.717) is 0 Å². The second-order valence-corrected chi connectivity index (χ2v) is 5.05. The monoisotopic (exact) mass is 218 g/mol. The summed E-state index contributed by atoms with van der Waals surface area (Å²) in [5.74, 6) is 0. The van der Waals surface area contributed by atoms with Gasteiger partial charge in [0.2, 0.25) is 0 Å². The van der Waals surface area contributed by atoms with E-state index in [1.54, 1.807) is 0 Å². The predicted molar refractivity (Wildman–Crippen MR) is 52.8 cm³/mol. The molecule has 0 heterocycles. The first-order valence-corrected chi connectivity index (χ1v) is 5.88. The van der Waals surface area contributed by atoms with E-state index in [9.17, 15) is 0 Å². The van der Waals surface area contributed by atoms with Crippen LogP contribution in [0.2, 0.25) is 0 Å². The van der Waals surface area contributed by atoms with Crippen molar-refractivity contribution in [3.8, 4) is 0 Å². The van der Waals surface area contributed by atoms with E-state index in [-0.39, 0.29) is 24.6 Å². The van der Waals surface area contributed by atoms with E-state index in [4.69, 9.17) is 0 Å². The van der Waals surface area contributed by atoms with E-state index >= 15 is 0 Å². The molecule has 2 heteroatoms. The molecule has 14 heavy (non-hydrogen) atoms. The first kappa shape index (κ1) is 11.2. The Labute approximate surface area is 93.0 Å². The van der Waals surface area contributed by atoms with Gasteiger partial charge < -0.3 is 5.48 Å². The molecule has 0 saturated heterocycles. The molecule has 0 radical (unpaired) electrons. The number of benzene rings is 2. The van der Waals surface area contributed by atoms with Gasteiger partial charge in [-0.1, -0.05) is 0 Å². The fourth-order valence-corrected chi connectivity index (χ4v) is 2.85. The molecule has 2 aromatic rings. The van der Waals surface area contributed by atoms with Gasteiger partial charge in [0.1, 0.15) is 0 Å². The molecule has 0 bridgehead atoms. The van der Waals surface area contributed by atoms with Crippen LogP contribution in [0, 0.1) is 0 Å². The minimum atomic E-state index is -0.108. The maximum atomic E-state index is 2.22. The van der Waals surface area contributed by atoms with Gasteiger partial charge in [0.15, 0.2) is 0 Å². The molecule has 2 aromatic carbocycles. The fraction of sp³-hybridized carbons (Fsp3) is 0. The zero-order chi connectivity index (χ0) is 8.93. The molecular weight excluding hydrogens is 208 g/mol. The zero-order valence-electron chi connectivity index (χ0n) is 7.68. The van der Waals surface area contributed by atoms with Crippen LogP contribution in [0.5, 0.6) is 0 Å². The van der Waals surface area contributed by atoms with Gasteiger partial charge in [0.25, 0.3) is 0 Å². The Balaban J connectivity index is 0.000000980. The number of hydrogen-bond acceptors (Lipinski definition) is 0. The normalized spacial score (nSPS) is 8.57. The molecule has 68 valence electrons. The predicted octanol–water partition coefficient (Wildman–Crippen LogP) is 1.60. The Morgan fingerprint density at radius 3 is 1.29 bits per heavy atom. The molecule has 0 N–H and O–H groups in total. The van der Waals surface area contributed by atoms with Crippen molar-refractivity contribution in [3.63, 3.8) is 0 Å². The van der Waals surface area contributed by atoms with Crippen LogP contribution >= 0.6 is 0 Å². The molecule has 1 nitrogen and oxygen atoms in total. The van der Waals surface area contributed by atoms with Gasteiger partial charge in [0.05, 0.1) is 0 Å². The topological polar surface area (TPSA) is 28.5 Å². The first-order valence-electron chi connectivity index (χ1n) is 4.32.